The van der Waals surface area contributed by atoms with Crippen molar-refractivity contribution in [2.75, 3.05) is 31.6 Å². The number of carbonyl (C=O) groups excluding carboxylic acids is 1. The maximum absolute atomic E-state index is 14.4. The molecule has 0 spiro atoms. The number of halogens is 1. The molecule has 1 amide bonds. The van der Waals surface area contributed by atoms with E-state index in [0.29, 0.717) is 6.42 Å². The number of carbonyl (C=O) groups is 1. The highest BCUT2D eigenvalue weighted by molar-refractivity contribution is 7.89. The molecule has 1 unspecified atom stereocenters. The molecule has 0 saturated carbocycles. The van der Waals surface area contributed by atoms with Crippen molar-refractivity contribution in [3.8, 4) is 0 Å². The number of tetrazole rings is 1. The minimum Gasteiger partial charge on any atom is -0.379 e. The standard InChI is InChI=1S/C20H21FN6O4S/c21-17-7-6-16(13-19(17)32(29,30)26-8-10-31-11-9-26)23-20(28)18(27-14-22-24-25-27)12-15-4-2-1-3-5-15/h1-7,13-14,18H,8-12H2,(H,23,28). The minimum atomic E-state index is -4.07. The summed E-state index contributed by atoms with van der Waals surface area (Å²) >= 11 is 0. The normalized spacial score (nSPS) is 15.9. The van der Waals surface area contributed by atoms with Gasteiger partial charge in [-0.2, -0.15) is 4.31 Å². The average Bonchev–Trinajstić information content (AvgIpc) is 3.34. The summed E-state index contributed by atoms with van der Waals surface area (Å²) in [7, 11) is -4.07. The highest BCUT2D eigenvalue weighted by atomic mass is 32.2. The summed E-state index contributed by atoms with van der Waals surface area (Å²) in [6, 6.07) is 12.0. The number of nitrogens with one attached hydrogen (secondary N) is 1. The number of rotatable bonds is 7. The maximum Gasteiger partial charge on any atom is 0.249 e. The van der Waals surface area contributed by atoms with Crippen LogP contribution in [-0.4, -0.2) is 65.1 Å². The minimum absolute atomic E-state index is 0.136. The fourth-order valence-corrected chi connectivity index (χ4v) is 4.88. The van der Waals surface area contributed by atoms with Gasteiger partial charge in [0.2, 0.25) is 15.9 Å². The van der Waals surface area contributed by atoms with Crippen molar-refractivity contribution in [1.29, 1.82) is 0 Å². The largest absolute Gasteiger partial charge is 0.379 e. The number of morpholine rings is 1. The lowest BCUT2D eigenvalue weighted by Gasteiger charge is -2.26. The monoisotopic (exact) mass is 460 g/mol. The molecule has 10 nitrogen and oxygen atoms in total. The molecule has 1 atom stereocenters. The van der Waals surface area contributed by atoms with Crippen molar-refractivity contribution in [2.45, 2.75) is 17.4 Å². The van der Waals surface area contributed by atoms with Crippen LogP contribution in [0, 0.1) is 5.82 Å². The van der Waals surface area contributed by atoms with Crippen LogP contribution in [-0.2, 0) is 26.0 Å². The van der Waals surface area contributed by atoms with Gasteiger partial charge in [0.25, 0.3) is 0 Å². The van der Waals surface area contributed by atoms with E-state index >= 15 is 0 Å². The number of nitrogens with zero attached hydrogens (tertiary/aromatic N) is 5. The van der Waals surface area contributed by atoms with Crippen LogP contribution in [0.15, 0.2) is 59.8 Å². The van der Waals surface area contributed by atoms with E-state index in [0.717, 1.165) is 17.7 Å². The first-order chi connectivity index (χ1) is 15.4. The molecule has 1 aliphatic heterocycles. The van der Waals surface area contributed by atoms with Gasteiger partial charge in [-0.1, -0.05) is 30.3 Å². The Bertz CT molecular complexity index is 1170. The van der Waals surface area contributed by atoms with E-state index < -0.39 is 32.7 Å². The fraction of sp³-hybridized carbons (Fsp3) is 0.300. The lowest BCUT2D eigenvalue weighted by atomic mass is 10.1. The van der Waals surface area contributed by atoms with Gasteiger partial charge in [-0.05, 0) is 34.2 Å². The number of amides is 1. The molecule has 0 radical (unpaired) electrons. The second-order valence-corrected chi connectivity index (χ2v) is 9.05. The molecule has 1 N–H and O–H groups in total. The molecular weight excluding hydrogens is 439 g/mol. The Hall–Kier alpha value is -3.22. The Labute approximate surface area is 184 Å². The summed E-state index contributed by atoms with van der Waals surface area (Å²) in [6.45, 7) is 0.752. The lowest BCUT2D eigenvalue weighted by Crippen LogP contribution is -2.41. The molecule has 4 rings (SSSR count). The van der Waals surface area contributed by atoms with Gasteiger partial charge in [0.05, 0.1) is 13.2 Å². The molecule has 2 heterocycles. The first kappa shape index (κ1) is 22.0. The molecular formula is C20H21FN6O4S. The van der Waals surface area contributed by atoms with E-state index in [1.54, 1.807) is 0 Å². The number of sulfonamides is 1. The maximum atomic E-state index is 14.4. The Balaban J connectivity index is 1.58. The lowest BCUT2D eigenvalue weighted by molar-refractivity contribution is -0.119. The van der Waals surface area contributed by atoms with Crippen LogP contribution in [0.3, 0.4) is 0 Å². The summed E-state index contributed by atoms with van der Waals surface area (Å²) < 4.78 is 47.9. The van der Waals surface area contributed by atoms with Gasteiger partial charge < -0.3 is 10.1 Å². The number of hydrogen-bond acceptors (Lipinski definition) is 7. The van der Waals surface area contributed by atoms with E-state index in [9.17, 15) is 17.6 Å². The topological polar surface area (TPSA) is 119 Å². The molecule has 0 bridgehead atoms. The molecule has 1 aromatic heterocycles. The van der Waals surface area contributed by atoms with Crippen LogP contribution in [0.1, 0.15) is 11.6 Å². The van der Waals surface area contributed by atoms with Gasteiger partial charge in [-0.25, -0.2) is 17.5 Å². The third-order valence-corrected chi connectivity index (χ3v) is 6.96. The van der Waals surface area contributed by atoms with Crippen molar-refractivity contribution in [3.63, 3.8) is 0 Å². The van der Waals surface area contributed by atoms with Crippen LogP contribution in [0.25, 0.3) is 0 Å². The van der Waals surface area contributed by atoms with Gasteiger partial charge in [-0.3, -0.25) is 4.79 Å². The molecule has 2 aromatic carbocycles. The molecule has 168 valence electrons. The zero-order chi connectivity index (χ0) is 22.6. The number of benzene rings is 2. The zero-order valence-electron chi connectivity index (χ0n) is 17.0. The third kappa shape index (κ3) is 4.82. The molecule has 12 heteroatoms. The van der Waals surface area contributed by atoms with Crippen molar-refractivity contribution in [2.24, 2.45) is 0 Å². The highest BCUT2D eigenvalue weighted by Gasteiger charge is 2.30. The quantitative estimate of drug-likeness (QED) is 0.564. The number of hydrogen-bond donors (Lipinski definition) is 1. The van der Waals surface area contributed by atoms with E-state index in [2.05, 4.69) is 20.8 Å². The van der Waals surface area contributed by atoms with Crippen LogP contribution >= 0.6 is 0 Å². The highest BCUT2D eigenvalue weighted by Crippen LogP contribution is 2.25. The first-order valence-corrected chi connectivity index (χ1v) is 11.3. The summed E-state index contributed by atoms with van der Waals surface area (Å²) in [5, 5.41) is 13.7. The Morgan fingerprint density at radius 2 is 1.91 bits per heavy atom. The number of ether oxygens (including phenoxy) is 1. The van der Waals surface area contributed by atoms with Gasteiger partial charge >= 0.3 is 0 Å². The van der Waals surface area contributed by atoms with Crippen molar-refractivity contribution < 1.29 is 22.3 Å². The Morgan fingerprint density at radius 3 is 2.59 bits per heavy atom. The van der Waals surface area contributed by atoms with Crippen molar-refractivity contribution >= 4 is 21.6 Å². The van der Waals surface area contributed by atoms with Crippen LogP contribution < -0.4 is 5.32 Å². The smallest absolute Gasteiger partial charge is 0.249 e. The van der Waals surface area contributed by atoms with Crippen molar-refractivity contribution in [1.82, 2.24) is 24.5 Å². The molecule has 1 aliphatic rings. The van der Waals surface area contributed by atoms with Crippen molar-refractivity contribution in [3.05, 3.63) is 66.2 Å². The summed E-state index contributed by atoms with van der Waals surface area (Å²) in [5.74, 6) is -1.36. The SMILES string of the molecule is O=C(Nc1ccc(F)c(S(=O)(=O)N2CCOCC2)c1)C(Cc1ccccc1)n1cnnn1. The van der Waals surface area contributed by atoms with E-state index in [4.69, 9.17) is 4.74 Å². The second kappa shape index (κ2) is 9.51. The van der Waals surface area contributed by atoms with Gasteiger partial charge in [0.1, 0.15) is 23.1 Å². The Morgan fingerprint density at radius 1 is 1.16 bits per heavy atom. The zero-order valence-corrected chi connectivity index (χ0v) is 17.8. The second-order valence-electron chi connectivity index (χ2n) is 7.15. The molecule has 1 saturated heterocycles. The van der Waals surface area contributed by atoms with E-state index in [1.807, 2.05) is 30.3 Å². The van der Waals surface area contributed by atoms with Crippen LogP contribution in [0.5, 0.6) is 0 Å². The summed E-state index contributed by atoms with van der Waals surface area (Å²) in [6.07, 6.45) is 1.63. The van der Waals surface area contributed by atoms with Crippen LogP contribution in [0.2, 0.25) is 0 Å². The van der Waals surface area contributed by atoms with Gasteiger partial charge in [0.15, 0.2) is 0 Å². The predicted octanol–water partition coefficient (Wildman–Crippen LogP) is 1.26. The predicted molar refractivity (Wildman–Crippen MR) is 112 cm³/mol. The summed E-state index contributed by atoms with van der Waals surface area (Å²) in [4.78, 5) is 12.6. The van der Waals surface area contributed by atoms with Gasteiger partial charge in [0, 0.05) is 25.2 Å². The first-order valence-electron chi connectivity index (χ1n) is 9.90. The number of aromatic nitrogens is 4. The molecule has 3 aromatic rings. The van der Waals surface area contributed by atoms with E-state index in [1.165, 1.54) is 21.4 Å². The molecule has 32 heavy (non-hydrogen) atoms. The van der Waals surface area contributed by atoms with E-state index in [-0.39, 0.29) is 32.0 Å². The Kier molecular flexibility index (Phi) is 6.53. The molecule has 1 fully saturated rings. The third-order valence-electron chi connectivity index (χ3n) is 5.05. The van der Waals surface area contributed by atoms with Crippen LogP contribution in [0.4, 0.5) is 10.1 Å². The molecule has 0 aliphatic carbocycles. The average molecular weight is 460 g/mol. The fourth-order valence-electron chi connectivity index (χ4n) is 3.39. The van der Waals surface area contributed by atoms with Gasteiger partial charge in [-0.15, -0.1) is 5.10 Å². The summed E-state index contributed by atoms with van der Waals surface area (Å²) in [5.41, 5.74) is 1.03. The number of anilines is 1.